The predicted octanol–water partition coefficient (Wildman–Crippen LogP) is 3.78. The van der Waals surface area contributed by atoms with Gasteiger partial charge in [0.25, 0.3) is 0 Å². The van der Waals surface area contributed by atoms with Gasteiger partial charge in [0, 0.05) is 43.7 Å². The highest BCUT2D eigenvalue weighted by Gasteiger charge is 2.33. The molecule has 3 aromatic heterocycles. The van der Waals surface area contributed by atoms with Crippen LogP contribution in [0.15, 0.2) is 61.2 Å². The molecule has 168 valence electrons. The molecule has 5 heterocycles. The number of rotatable bonds is 6. The number of anilines is 2. The van der Waals surface area contributed by atoms with Gasteiger partial charge in [0.15, 0.2) is 0 Å². The van der Waals surface area contributed by atoms with Gasteiger partial charge in [-0.15, -0.1) is 0 Å². The van der Waals surface area contributed by atoms with Crippen LogP contribution in [0.1, 0.15) is 18.4 Å². The van der Waals surface area contributed by atoms with Crippen molar-refractivity contribution in [1.29, 1.82) is 0 Å². The molecule has 2 atom stereocenters. The first-order valence-corrected chi connectivity index (χ1v) is 11.3. The maximum Gasteiger partial charge on any atom is 0.140 e. The Labute approximate surface area is 192 Å². The van der Waals surface area contributed by atoms with Gasteiger partial charge in [-0.25, -0.2) is 15.0 Å². The second kappa shape index (κ2) is 8.37. The van der Waals surface area contributed by atoms with Crippen LogP contribution in [0.4, 0.5) is 11.5 Å². The minimum atomic E-state index is 0.395. The van der Waals surface area contributed by atoms with Gasteiger partial charge in [-0.05, 0) is 36.6 Å². The van der Waals surface area contributed by atoms with Crippen molar-refractivity contribution in [2.45, 2.75) is 31.6 Å². The fraction of sp³-hybridized carbons (Fsp3) is 0.320. The Bertz CT molecular complexity index is 1260. The Morgan fingerprint density at radius 2 is 1.85 bits per heavy atom. The number of aromatic nitrogens is 4. The third kappa shape index (κ3) is 3.98. The average Bonchev–Trinajstić information content (AvgIpc) is 3.44. The second-order valence-electron chi connectivity index (χ2n) is 8.61. The maximum absolute atomic E-state index is 5.96. The monoisotopic (exact) mass is 442 g/mol. The van der Waals surface area contributed by atoms with Gasteiger partial charge in [-0.3, -0.25) is 4.40 Å². The first-order chi connectivity index (χ1) is 16.2. The van der Waals surface area contributed by atoms with Crippen LogP contribution in [0.25, 0.3) is 17.0 Å². The Morgan fingerprint density at radius 1 is 1.03 bits per heavy atom. The summed E-state index contributed by atoms with van der Waals surface area (Å²) in [6.07, 6.45) is 8.50. The van der Waals surface area contributed by atoms with Crippen molar-refractivity contribution in [2.75, 3.05) is 30.4 Å². The summed E-state index contributed by atoms with van der Waals surface area (Å²) in [7, 11) is 1.65. The quantitative estimate of drug-likeness (QED) is 0.487. The molecule has 2 unspecified atom stereocenters. The van der Waals surface area contributed by atoms with E-state index in [4.69, 9.17) is 9.47 Å². The number of benzene rings is 1. The van der Waals surface area contributed by atoms with Gasteiger partial charge >= 0.3 is 0 Å². The van der Waals surface area contributed by atoms with Crippen LogP contribution in [-0.2, 0) is 11.3 Å². The summed E-state index contributed by atoms with van der Waals surface area (Å²) < 4.78 is 13.2. The molecule has 33 heavy (non-hydrogen) atoms. The minimum Gasteiger partial charge on any atom is -0.497 e. The predicted molar refractivity (Wildman–Crippen MR) is 127 cm³/mol. The average molecular weight is 443 g/mol. The molecule has 6 rings (SSSR count). The van der Waals surface area contributed by atoms with Crippen molar-refractivity contribution in [3.8, 4) is 17.1 Å². The van der Waals surface area contributed by atoms with E-state index >= 15 is 0 Å². The van der Waals surface area contributed by atoms with E-state index in [0.29, 0.717) is 18.8 Å². The van der Waals surface area contributed by atoms with E-state index in [1.807, 2.05) is 35.0 Å². The fourth-order valence-corrected chi connectivity index (χ4v) is 4.72. The van der Waals surface area contributed by atoms with E-state index in [1.54, 1.807) is 13.4 Å². The highest BCUT2D eigenvalue weighted by Crippen LogP contribution is 2.30. The molecular weight excluding hydrogens is 416 g/mol. The SMILES string of the molecule is COc1ccn2c(-c3cc(NCc4ccc(N5CC6CCC(C5)O6)cc4)ncn3)cnc2c1. The Kier molecular flexibility index (Phi) is 5.07. The molecule has 8 nitrogen and oxygen atoms in total. The number of fused-ring (bicyclic) bond motifs is 3. The van der Waals surface area contributed by atoms with E-state index in [-0.39, 0.29) is 0 Å². The molecule has 0 aliphatic carbocycles. The molecule has 0 amide bonds. The van der Waals surface area contributed by atoms with Gasteiger partial charge in [0.05, 0.1) is 36.9 Å². The van der Waals surface area contributed by atoms with E-state index < -0.39 is 0 Å². The molecule has 8 heteroatoms. The van der Waals surface area contributed by atoms with Crippen molar-refractivity contribution < 1.29 is 9.47 Å². The Morgan fingerprint density at radius 3 is 2.64 bits per heavy atom. The number of pyridine rings is 1. The smallest absolute Gasteiger partial charge is 0.140 e. The summed E-state index contributed by atoms with van der Waals surface area (Å²) in [5.41, 5.74) is 5.00. The number of ether oxygens (including phenoxy) is 2. The lowest BCUT2D eigenvalue weighted by Gasteiger charge is -2.33. The van der Waals surface area contributed by atoms with Crippen molar-refractivity contribution in [3.05, 3.63) is 66.7 Å². The normalized spacial score (nSPS) is 19.7. The van der Waals surface area contributed by atoms with Crippen LogP contribution in [-0.4, -0.2) is 51.8 Å². The van der Waals surface area contributed by atoms with Gasteiger partial charge in [-0.1, -0.05) is 12.1 Å². The highest BCUT2D eigenvalue weighted by atomic mass is 16.5. The number of imidazole rings is 1. The fourth-order valence-electron chi connectivity index (χ4n) is 4.72. The van der Waals surface area contributed by atoms with Gasteiger partial charge < -0.3 is 19.7 Å². The molecule has 0 saturated carbocycles. The molecule has 4 aromatic rings. The van der Waals surface area contributed by atoms with E-state index in [2.05, 4.69) is 49.4 Å². The van der Waals surface area contributed by atoms with Crippen LogP contribution in [0.2, 0.25) is 0 Å². The third-order valence-corrected chi connectivity index (χ3v) is 6.47. The number of nitrogens with zero attached hydrogens (tertiary/aromatic N) is 5. The lowest BCUT2D eigenvalue weighted by Crippen LogP contribution is -2.42. The lowest BCUT2D eigenvalue weighted by molar-refractivity contribution is 0.0305. The molecule has 0 spiro atoms. The Balaban J connectivity index is 1.14. The molecular formula is C25H26N6O2. The van der Waals surface area contributed by atoms with Crippen LogP contribution in [0, 0.1) is 0 Å². The summed E-state index contributed by atoms with van der Waals surface area (Å²) in [5.74, 6) is 1.55. The van der Waals surface area contributed by atoms with E-state index in [0.717, 1.165) is 41.7 Å². The van der Waals surface area contributed by atoms with Crippen molar-refractivity contribution in [2.24, 2.45) is 0 Å². The highest BCUT2D eigenvalue weighted by molar-refractivity contribution is 5.63. The molecule has 2 aliphatic heterocycles. The van der Waals surface area contributed by atoms with Crippen LogP contribution < -0.4 is 15.0 Å². The summed E-state index contributed by atoms with van der Waals surface area (Å²) in [4.78, 5) is 15.8. The summed E-state index contributed by atoms with van der Waals surface area (Å²) in [6.45, 7) is 2.68. The number of nitrogens with one attached hydrogen (secondary N) is 1. The first kappa shape index (κ1) is 20.0. The molecule has 1 aromatic carbocycles. The zero-order valence-corrected chi connectivity index (χ0v) is 18.5. The van der Waals surface area contributed by atoms with Crippen LogP contribution in [0.5, 0.6) is 5.75 Å². The van der Waals surface area contributed by atoms with Crippen molar-refractivity contribution >= 4 is 17.2 Å². The zero-order chi connectivity index (χ0) is 22.2. The summed E-state index contributed by atoms with van der Waals surface area (Å²) in [5, 5.41) is 3.42. The molecule has 2 bridgehead atoms. The largest absolute Gasteiger partial charge is 0.497 e. The maximum atomic E-state index is 5.96. The van der Waals surface area contributed by atoms with Crippen molar-refractivity contribution in [3.63, 3.8) is 0 Å². The second-order valence-corrected chi connectivity index (χ2v) is 8.61. The van der Waals surface area contributed by atoms with E-state index in [9.17, 15) is 0 Å². The van der Waals surface area contributed by atoms with E-state index in [1.165, 1.54) is 24.1 Å². The third-order valence-electron chi connectivity index (χ3n) is 6.47. The summed E-state index contributed by atoms with van der Waals surface area (Å²) >= 11 is 0. The number of morpholine rings is 1. The van der Waals surface area contributed by atoms with Crippen LogP contribution in [0.3, 0.4) is 0 Å². The molecule has 2 aliphatic rings. The molecule has 1 N–H and O–H groups in total. The van der Waals surface area contributed by atoms with Crippen LogP contribution >= 0.6 is 0 Å². The first-order valence-electron chi connectivity index (χ1n) is 11.3. The number of hydrogen-bond acceptors (Lipinski definition) is 7. The van der Waals surface area contributed by atoms with Gasteiger partial charge in [0.1, 0.15) is 23.5 Å². The topological polar surface area (TPSA) is 76.8 Å². The van der Waals surface area contributed by atoms with Gasteiger partial charge in [-0.2, -0.15) is 0 Å². The number of methoxy groups -OCH3 is 1. The Hall–Kier alpha value is -3.65. The molecule has 0 radical (unpaired) electrons. The molecule has 2 fully saturated rings. The zero-order valence-electron chi connectivity index (χ0n) is 18.5. The standard InChI is InChI=1S/C25H26N6O2/c1-32-19-8-9-31-23(13-27-25(31)10-19)22-11-24(29-16-28-22)26-12-17-2-4-18(5-3-17)30-14-20-6-7-21(15-30)33-20/h2-5,8-11,13,16,20-21H,6-7,12,14-15H2,1H3,(H,26,28,29). The lowest BCUT2D eigenvalue weighted by atomic mass is 10.1. The van der Waals surface area contributed by atoms with Gasteiger partial charge in [0.2, 0.25) is 0 Å². The summed E-state index contributed by atoms with van der Waals surface area (Å²) in [6, 6.07) is 14.5. The van der Waals surface area contributed by atoms with Crippen molar-refractivity contribution in [1.82, 2.24) is 19.4 Å². The number of hydrogen-bond donors (Lipinski definition) is 1. The molecule has 2 saturated heterocycles. The minimum absolute atomic E-state index is 0.395.